The van der Waals surface area contributed by atoms with Gasteiger partial charge in [-0.1, -0.05) is 47.5 Å². The monoisotopic (exact) mass is 549 g/mol. The third-order valence-electron chi connectivity index (χ3n) is 6.07. The maximum Gasteiger partial charge on any atom is 0.255 e. The van der Waals surface area contributed by atoms with Crippen molar-refractivity contribution in [1.29, 1.82) is 0 Å². The molecule has 0 unspecified atom stereocenters. The zero-order chi connectivity index (χ0) is 26.6. The summed E-state index contributed by atoms with van der Waals surface area (Å²) in [4.78, 5) is 17.9. The van der Waals surface area contributed by atoms with Gasteiger partial charge in [-0.05, 0) is 61.9 Å². The smallest absolute Gasteiger partial charge is 0.255 e. The van der Waals surface area contributed by atoms with Crippen molar-refractivity contribution in [1.82, 2.24) is 14.8 Å². The van der Waals surface area contributed by atoms with Gasteiger partial charge in [0.05, 0.1) is 12.2 Å². The fourth-order valence-corrected chi connectivity index (χ4v) is 4.59. The van der Waals surface area contributed by atoms with Gasteiger partial charge in [0.15, 0.2) is 11.5 Å². The van der Waals surface area contributed by atoms with E-state index in [2.05, 4.69) is 20.7 Å². The largest absolute Gasteiger partial charge is 0.490 e. The number of benzene rings is 3. The van der Waals surface area contributed by atoms with E-state index in [0.717, 1.165) is 11.1 Å². The van der Waals surface area contributed by atoms with Gasteiger partial charge in [0.25, 0.3) is 5.91 Å². The van der Waals surface area contributed by atoms with Crippen molar-refractivity contribution in [2.45, 2.75) is 26.5 Å². The molecule has 2 N–H and O–H groups in total. The highest BCUT2D eigenvalue weighted by Crippen LogP contribution is 2.39. The highest BCUT2D eigenvalue weighted by atomic mass is 35.5. The fraction of sp³-hybridized carbons (Fsp3) is 0.179. The number of rotatable bonds is 8. The van der Waals surface area contributed by atoms with Gasteiger partial charge in [-0.3, -0.25) is 4.79 Å². The highest BCUT2D eigenvalue weighted by molar-refractivity contribution is 6.31. The average Bonchev–Trinajstić information content (AvgIpc) is 3.37. The van der Waals surface area contributed by atoms with E-state index in [-0.39, 0.29) is 12.5 Å². The number of amides is 1. The number of aromatic nitrogens is 3. The Morgan fingerprint density at radius 2 is 1.84 bits per heavy atom. The van der Waals surface area contributed by atoms with Gasteiger partial charge in [-0.25, -0.2) is 4.68 Å². The van der Waals surface area contributed by atoms with Gasteiger partial charge in [0.1, 0.15) is 19.0 Å². The minimum atomic E-state index is -0.558. The number of nitrogens with one attached hydrogen (secondary N) is 2. The molecule has 0 aliphatic carbocycles. The molecule has 3 aromatic carbocycles. The molecule has 1 amide bonds. The fourth-order valence-electron chi connectivity index (χ4n) is 4.28. The molecule has 1 aliphatic heterocycles. The Kier molecular flexibility index (Phi) is 7.53. The molecule has 1 aliphatic rings. The Labute approximate surface area is 230 Å². The van der Waals surface area contributed by atoms with E-state index in [1.807, 2.05) is 56.3 Å². The summed E-state index contributed by atoms with van der Waals surface area (Å²) >= 11 is 12.3. The lowest BCUT2D eigenvalue weighted by Gasteiger charge is -2.29. The van der Waals surface area contributed by atoms with Crippen molar-refractivity contribution in [2.24, 2.45) is 0 Å². The summed E-state index contributed by atoms with van der Waals surface area (Å²) in [7, 11) is 0. The summed E-state index contributed by atoms with van der Waals surface area (Å²) in [5.74, 6) is 1.37. The molecular formula is C28H25Cl2N5O3. The third kappa shape index (κ3) is 5.32. The maximum atomic E-state index is 13.6. The molecule has 5 rings (SSSR count). The standard InChI is InChI=1S/C28H25Cl2N5O3/c1-3-37-24-14-18(8-13-23(24)38-15-19-6-4-5-7-22(19)30)26-25(17(2)33-28-31-16-32-35(26)28)27(36)34-21-11-9-20(29)10-12-21/h4-14,16,26H,3,15H2,1-2H3,(H,34,36)(H,31,32,33)/t26-/m1/s1. The van der Waals surface area contributed by atoms with Crippen LogP contribution in [0.4, 0.5) is 11.6 Å². The molecule has 2 heterocycles. The zero-order valence-corrected chi connectivity index (χ0v) is 22.3. The molecular weight excluding hydrogens is 525 g/mol. The van der Waals surface area contributed by atoms with E-state index in [9.17, 15) is 4.79 Å². The van der Waals surface area contributed by atoms with E-state index >= 15 is 0 Å². The van der Waals surface area contributed by atoms with Gasteiger partial charge in [-0.2, -0.15) is 10.1 Å². The molecule has 38 heavy (non-hydrogen) atoms. The Morgan fingerprint density at radius 3 is 2.61 bits per heavy atom. The molecule has 194 valence electrons. The van der Waals surface area contributed by atoms with Gasteiger partial charge < -0.3 is 20.1 Å². The SMILES string of the molecule is CCOc1cc([C@@H]2C(C(=O)Nc3ccc(Cl)cc3)=C(C)Nc3ncnn32)ccc1OCc1ccccc1Cl. The second-order valence-electron chi connectivity index (χ2n) is 8.57. The number of allylic oxidation sites excluding steroid dienone is 1. The van der Waals surface area contributed by atoms with Crippen molar-refractivity contribution in [3.63, 3.8) is 0 Å². The summed E-state index contributed by atoms with van der Waals surface area (Å²) in [6.07, 6.45) is 1.45. The number of hydrogen-bond donors (Lipinski definition) is 2. The summed E-state index contributed by atoms with van der Waals surface area (Å²) in [5.41, 5.74) is 3.43. The van der Waals surface area contributed by atoms with Crippen LogP contribution in [-0.2, 0) is 11.4 Å². The van der Waals surface area contributed by atoms with Gasteiger partial charge >= 0.3 is 0 Å². The first-order valence-electron chi connectivity index (χ1n) is 12.0. The van der Waals surface area contributed by atoms with Crippen molar-refractivity contribution in [2.75, 3.05) is 17.2 Å². The zero-order valence-electron chi connectivity index (χ0n) is 20.7. The van der Waals surface area contributed by atoms with E-state index in [1.54, 1.807) is 28.9 Å². The summed E-state index contributed by atoms with van der Waals surface area (Å²) in [6.45, 7) is 4.46. The minimum absolute atomic E-state index is 0.277. The van der Waals surface area contributed by atoms with Crippen molar-refractivity contribution >= 4 is 40.7 Å². The van der Waals surface area contributed by atoms with Crippen LogP contribution in [0.3, 0.4) is 0 Å². The van der Waals surface area contributed by atoms with Crippen LogP contribution in [0, 0.1) is 0 Å². The number of ether oxygens (including phenoxy) is 2. The number of anilines is 2. The van der Waals surface area contributed by atoms with Crippen molar-refractivity contribution < 1.29 is 14.3 Å². The Bertz CT molecular complexity index is 1500. The minimum Gasteiger partial charge on any atom is -0.490 e. The number of carbonyl (C=O) groups is 1. The number of hydrogen-bond acceptors (Lipinski definition) is 6. The highest BCUT2D eigenvalue weighted by Gasteiger charge is 2.34. The van der Waals surface area contributed by atoms with E-state index < -0.39 is 6.04 Å². The first-order chi connectivity index (χ1) is 18.4. The summed E-state index contributed by atoms with van der Waals surface area (Å²) in [6, 6.07) is 19.5. The van der Waals surface area contributed by atoms with E-state index in [1.165, 1.54) is 6.33 Å². The molecule has 0 saturated heterocycles. The van der Waals surface area contributed by atoms with Crippen molar-refractivity contribution in [3.05, 3.63) is 105 Å². The maximum absolute atomic E-state index is 13.6. The van der Waals surface area contributed by atoms with Crippen molar-refractivity contribution in [3.8, 4) is 11.5 Å². The molecule has 4 aromatic rings. The Hall–Kier alpha value is -4.01. The molecule has 0 fully saturated rings. The Balaban J connectivity index is 1.49. The first kappa shape index (κ1) is 25.6. The predicted molar refractivity (Wildman–Crippen MR) is 148 cm³/mol. The molecule has 1 aromatic heterocycles. The van der Waals surface area contributed by atoms with Crippen LogP contribution < -0.4 is 20.1 Å². The summed E-state index contributed by atoms with van der Waals surface area (Å²) < 4.78 is 13.7. The molecule has 10 heteroatoms. The third-order valence-corrected chi connectivity index (χ3v) is 6.69. The van der Waals surface area contributed by atoms with Crippen LogP contribution in [0.1, 0.15) is 31.0 Å². The lowest BCUT2D eigenvalue weighted by atomic mass is 9.94. The predicted octanol–water partition coefficient (Wildman–Crippen LogP) is 6.49. The molecule has 0 spiro atoms. The normalized spacial score (nSPS) is 14.5. The second kappa shape index (κ2) is 11.2. The topological polar surface area (TPSA) is 90.3 Å². The van der Waals surface area contributed by atoms with E-state index in [0.29, 0.717) is 51.1 Å². The molecule has 0 saturated carbocycles. The second-order valence-corrected chi connectivity index (χ2v) is 9.42. The van der Waals surface area contributed by atoms with Crippen LogP contribution in [0.2, 0.25) is 10.0 Å². The van der Waals surface area contributed by atoms with Crippen LogP contribution in [0.5, 0.6) is 11.5 Å². The van der Waals surface area contributed by atoms with Gasteiger partial charge in [0, 0.05) is 27.0 Å². The number of carbonyl (C=O) groups excluding carboxylic acids is 1. The Morgan fingerprint density at radius 1 is 1.05 bits per heavy atom. The first-order valence-corrected chi connectivity index (χ1v) is 12.8. The lowest BCUT2D eigenvalue weighted by Crippen LogP contribution is -2.31. The molecule has 0 bridgehead atoms. The number of fused-ring (bicyclic) bond motifs is 1. The van der Waals surface area contributed by atoms with Gasteiger partial charge in [-0.15, -0.1) is 0 Å². The molecule has 1 atom stereocenters. The lowest BCUT2D eigenvalue weighted by molar-refractivity contribution is -0.113. The average molecular weight is 550 g/mol. The van der Waals surface area contributed by atoms with E-state index in [4.69, 9.17) is 32.7 Å². The quantitative estimate of drug-likeness (QED) is 0.261. The summed E-state index contributed by atoms with van der Waals surface area (Å²) in [5, 5.41) is 11.8. The molecule has 0 radical (unpaired) electrons. The van der Waals surface area contributed by atoms with Crippen LogP contribution >= 0.6 is 23.2 Å². The van der Waals surface area contributed by atoms with Crippen LogP contribution in [0.15, 0.2) is 84.3 Å². The number of nitrogens with zero attached hydrogens (tertiary/aromatic N) is 3. The molecule has 8 nitrogen and oxygen atoms in total. The number of halogens is 2. The van der Waals surface area contributed by atoms with Crippen LogP contribution in [0.25, 0.3) is 0 Å². The van der Waals surface area contributed by atoms with Crippen LogP contribution in [-0.4, -0.2) is 27.3 Å². The van der Waals surface area contributed by atoms with Gasteiger partial charge in [0.2, 0.25) is 5.95 Å².